The molecule has 1 heterocycles. The summed E-state index contributed by atoms with van der Waals surface area (Å²) in [5.74, 6) is 2.77. The second-order valence-electron chi connectivity index (χ2n) is 8.06. The van der Waals surface area contributed by atoms with Gasteiger partial charge >= 0.3 is 0 Å². The average Bonchev–Trinajstić information content (AvgIpc) is 2.95. The Labute approximate surface area is 122 Å². The Morgan fingerprint density at radius 3 is 2.58 bits per heavy atom. The van der Waals surface area contributed by atoms with Crippen LogP contribution < -0.4 is 5.32 Å². The highest BCUT2D eigenvalue weighted by Crippen LogP contribution is 2.63. The Kier molecular flexibility index (Phi) is 3.20. The lowest BCUT2D eigenvalue weighted by molar-refractivity contribution is 0.142. The van der Waals surface area contributed by atoms with Crippen molar-refractivity contribution in [1.29, 1.82) is 0 Å². The maximum absolute atomic E-state index is 5.18. The van der Waals surface area contributed by atoms with Gasteiger partial charge in [0.15, 0.2) is 5.17 Å². The molecule has 1 N–H and O–H groups in total. The molecule has 1 saturated heterocycles. The van der Waals surface area contributed by atoms with Crippen molar-refractivity contribution in [3.63, 3.8) is 0 Å². The minimum atomic E-state index is 0.387. The average molecular weight is 280 g/mol. The molecule has 4 atom stereocenters. The van der Waals surface area contributed by atoms with Gasteiger partial charge in [0.05, 0.1) is 6.04 Å². The molecule has 2 nitrogen and oxygen atoms in total. The molecule has 19 heavy (non-hydrogen) atoms. The van der Waals surface area contributed by atoms with Crippen molar-refractivity contribution >= 4 is 16.9 Å². The Balaban J connectivity index is 1.80. The summed E-state index contributed by atoms with van der Waals surface area (Å²) in [6.07, 6.45) is 4.18. The van der Waals surface area contributed by atoms with E-state index >= 15 is 0 Å². The summed E-state index contributed by atoms with van der Waals surface area (Å²) < 4.78 is 0. The van der Waals surface area contributed by atoms with Crippen LogP contribution in [0.4, 0.5) is 0 Å². The van der Waals surface area contributed by atoms with Gasteiger partial charge in [0.1, 0.15) is 0 Å². The zero-order valence-corrected chi connectivity index (χ0v) is 13.8. The summed E-state index contributed by atoms with van der Waals surface area (Å²) in [5.41, 5.74) is 0.845. The second-order valence-corrected chi connectivity index (χ2v) is 9.07. The van der Waals surface area contributed by atoms with E-state index in [1.807, 2.05) is 11.8 Å². The SMILES string of the molecule is CC(C)[C@H]1CSC(=NC2C3(C)CCC(C3)C2(C)C)N1. The van der Waals surface area contributed by atoms with Crippen LogP contribution in [-0.4, -0.2) is 23.0 Å². The topological polar surface area (TPSA) is 24.4 Å². The highest BCUT2D eigenvalue weighted by Gasteiger charge is 2.59. The first-order chi connectivity index (χ1) is 8.83. The van der Waals surface area contributed by atoms with Crippen LogP contribution in [0.2, 0.25) is 0 Å². The summed E-state index contributed by atoms with van der Waals surface area (Å²) in [7, 11) is 0. The monoisotopic (exact) mass is 280 g/mol. The van der Waals surface area contributed by atoms with Crippen molar-refractivity contribution in [1.82, 2.24) is 5.32 Å². The molecule has 3 rings (SSSR count). The molecule has 2 aliphatic carbocycles. The van der Waals surface area contributed by atoms with Crippen LogP contribution in [0.25, 0.3) is 0 Å². The number of hydrogen-bond acceptors (Lipinski definition) is 2. The van der Waals surface area contributed by atoms with E-state index in [-0.39, 0.29) is 0 Å². The lowest BCUT2D eigenvalue weighted by Gasteiger charge is -2.40. The molecular formula is C16H28N2S. The fraction of sp³-hybridized carbons (Fsp3) is 0.938. The first kappa shape index (κ1) is 13.8. The number of hydrogen-bond donors (Lipinski definition) is 1. The molecular weight excluding hydrogens is 252 g/mol. The molecule has 3 aliphatic rings. The summed E-state index contributed by atoms with van der Waals surface area (Å²) >= 11 is 1.93. The Morgan fingerprint density at radius 1 is 1.32 bits per heavy atom. The van der Waals surface area contributed by atoms with Gasteiger partial charge in [-0.05, 0) is 41.9 Å². The quantitative estimate of drug-likeness (QED) is 0.829. The lowest BCUT2D eigenvalue weighted by atomic mass is 9.69. The van der Waals surface area contributed by atoms with E-state index in [1.165, 1.54) is 30.2 Å². The van der Waals surface area contributed by atoms with Gasteiger partial charge in [0.25, 0.3) is 0 Å². The minimum absolute atomic E-state index is 0.387. The summed E-state index contributed by atoms with van der Waals surface area (Å²) in [6, 6.07) is 1.12. The molecule has 3 unspecified atom stereocenters. The molecule has 2 saturated carbocycles. The predicted molar refractivity (Wildman–Crippen MR) is 84.7 cm³/mol. The summed E-state index contributed by atoms with van der Waals surface area (Å²) in [6.45, 7) is 11.9. The number of aliphatic imine (C=N–C) groups is 1. The zero-order chi connectivity index (χ0) is 13.8. The van der Waals surface area contributed by atoms with E-state index in [2.05, 4.69) is 39.9 Å². The third-order valence-electron chi connectivity index (χ3n) is 5.95. The smallest absolute Gasteiger partial charge is 0.157 e. The number of nitrogens with one attached hydrogen (secondary N) is 1. The molecule has 3 heteroatoms. The van der Waals surface area contributed by atoms with E-state index in [0.717, 1.165) is 5.92 Å². The molecule has 0 aromatic heterocycles. The first-order valence-corrected chi connectivity index (χ1v) is 8.78. The highest BCUT2D eigenvalue weighted by atomic mass is 32.2. The molecule has 2 bridgehead atoms. The van der Waals surface area contributed by atoms with Crippen LogP contribution in [0, 0.1) is 22.7 Å². The fourth-order valence-electron chi connectivity index (χ4n) is 4.56. The molecule has 3 fully saturated rings. The normalized spacial score (nSPS) is 46.2. The number of rotatable bonds is 2. The van der Waals surface area contributed by atoms with Gasteiger partial charge in [-0.25, -0.2) is 0 Å². The number of fused-ring (bicyclic) bond motifs is 2. The Morgan fingerprint density at radius 2 is 2.05 bits per heavy atom. The number of amidine groups is 1. The van der Waals surface area contributed by atoms with Gasteiger partial charge in [-0.1, -0.05) is 46.4 Å². The molecule has 0 radical (unpaired) electrons. The molecule has 0 spiro atoms. The fourth-order valence-corrected chi connectivity index (χ4v) is 5.78. The highest BCUT2D eigenvalue weighted by molar-refractivity contribution is 8.14. The van der Waals surface area contributed by atoms with Crippen LogP contribution in [0.3, 0.4) is 0 Å². The maximum Gasteiger partial charge on any atom is 0.157 e. The minimum Gasteiger partial charge on any atom is -0.361 e. The lowest BCUT2D eigenvalue weighted by Crippen LogP contribution is -2.41. The van der Waals surface area contributed by atoms with E-state index in [0.29, 0.717) is 28.8 Å². The standard InChI is InChI=1S/C16H28N2S/c1-10(2)12-9-19-14(17-12)18-13-15(3,4)11-6-7-16(13,5)8-11/h10-13H,6-9H2,1-5H3,(H,17,18)/t11?,12-,13?,16?/m1/s1. The number of thioether (sulfide) groups is 1. The van der Waals surface area contributed by atoms with E-state index < -0.39 is 0 Å². The third kappa shape index (κ3) is 2.12. The summed E-state index contributed by atoms with van der Waals surface area (Å²) in [4.78, 5) is 5.18. The van der Waals surface area contributed by atoms with Crippen molar-refractivity contribution in [3.8, 4) is 0 Å². The second kappa shape index (κ2) is 4.41. The van der Waals surface area contributed by atoms with E-state index in [1.54, 1.807) is 0 Å². The van der Waals surface area contributed by atoms with Gasteiger partial charge in [0, 0.05) is 11.8 Å². The van der Waals surface area contributed by atoms with Crippen LogP contribution in [0.15, 0.2) is 4.99 Å². The van der Waals surface area contributed by atoms with Gasteiger partial charge < -0.3 is 5.32 Å². The molecule has 0 amide bonds. The zero-order valence-electron chi connectivity index (χ0n) is 13.0. The molecule has 108 valence electrons. The van der Waals surface area contributed by atoms with Crippen LogP contribution in [0.1, 0.15) is 53.9 Å². The van der Waals surface area contributed by atoms with E-state index in [9.17, 15) is 0 Å². The third-order valence-corrected chi connectivity index (χ3v) is 6.98. The van der Waals surface area contributed by atoms with Crippen molar-refractivity contribution < 1.29 is 0 Å². The van der Waals surface area contributed by atoms with Crippen molar-refractivity contribution in [2.24, 2.45) is 27.7 Å². The number of nitrogens with zero attached hydrogens (tertiary/aromatic N) is 1. The Bertz CT molecular complexity index is 397. The van der Waals surface area contributed by atoms with Crippen molar-refractivity contribution in [2.75, 3.05) is 5.75 Å². The molecule has 1 aliphatic heterocycles. The van der Waals surface area contributed by atoms with Crippen LogP contribution >= 0.6 is 11.8 Å². The largest absolute Gasteiger partial charge is 0.361 e. The molecule has 0 aromatic rings. The van der Waals surface area contributed by atoms with Crippen molar-refractivity contribution in [3.05, 3.63) is 0 Å². The maximum atomic E-state index is 5.18. The van der Waals surface area contributed by atoms with Gasteiger partial charge in [-0.15, -0.1) is 0 Å². The first-order valence-electron chi connectivity index (χ1n) is 7.80. The van der Waals surface area contributed by atoms with E-state index in [4.69, 9.17) is 4.99 Å². The Hall–Kier alpha value is -0.180. The van der Waals surface area contributed by atoms with Gasteiger partial charge in [-0.2, -0.15) is 0 Å². The predicted octanol–water partition coefficient (Wildman–Crippen LogP) is 3.92. The van der Waals surface area contributed by atoms with Crippen LogP contribution in [0.5, 0.6) is 0 Å². The summed E-state index contributed by atoms with van der Waals surface area (Å²) in [5, 5.41) is 4.86. The van der Waals surface area contributed by atoms with Gasteiger partial charge in [-0.3, -0.25) is 4.99 Å². The molecule has 0 aromatic carbocycles. The van der Waals surface area contributed by atoms with Crippen LogP contribution in [-0.2, 0) is 0 Å². The van der Waals surface area contributed by atoms with Crippen molar-refractivity contribution in [2.45, 2.75) is 66.0 Å². The van der Waals surface area contributed by atoms with Gasteiger partial charge in [0.2, 0.25) is 0 Å².